The number of para-hydroxylation sites is 2. The molecule has 0 aliphatic carbocycles. The molecule has 0 saturated carbocycles. The van der Waals surface area contributed by atoms with E-state index in [-0.39, 0.29) is 0 Å². The molecule has 176 valence electrons. The Morgan fingerprint density at radius 2 is 1.65 bits per heavy atom. The Bertz CT molecular complexity index is 1330. The maximum atomic E-state index is 6.16. The van der Waals surface area contributed by atoms with Gasteiger partial charge in [-0.25, -0.2) is 4.98 Å². The second-order valence-electron chi connectivity index (χ2n) is 8.37. The van der Waals surface area contributed by atoms with Crippen LogP contribution in [-0.4, -0.2) is 48.9 Å². The maximum Gasteiger partial charge on any atom is 0.165 e. The minimum atomic E-state index is 0.586. The molecular weight excluding hydrogens is 430 g/mol. The molecule has 0 N–H and O–H groups in total. The Morgan fingerprint density at radius 1 is 0.882 bits per heavy atom. The molecule has 4 aromatic rings. The van der Waals surface area contributed by atoms with Gasteiger partial charge < -0.3 is 23.5 Å². The van der Waals surface area contributed by atoms with Crippen molar-refractivity contribution in [2.75, 3.05) is 34.5 Å². The highest BCUT2D eigenvalue weighted by Gasteiger charge is 2.22. The van der Waals surface area contributed by atoms with E-state index in [1.54, 1.807) is 21.3 Å². The van der Waals surface area contributed by atoms with Gasteiger partial charge >= 0.3 is 0 Å². The Hall–Kier alpha value is -3.71. The van der Waals surface area contributed by atoms with Crippen LogP contribution < -0.4 is 18.9 Å². The average molecular weight is 460 g/mol. The summed E-state index contributed by atoms with van der Waals surface area (Å²) < 4.78 is 25.0. The van der Waals surface area contributed by atoms with Gasteiger partial charge in [-0.1, -0.05) is 18.2 Å². The molecule has 0 fully saturated rings. The summed E-state index contributed by atoms with van der Waals surface area (Å²) in [6.07, 6.45) is 0. The van der Waals surface area contributed by atoms with Gasteiger partial charge in [0.05, 0.1) is 38.9 Å². The predicted molar refractivity (Wildman–Crippen MR) is 132 cm³/mol. The van der Waals surface area contributed by atoms with Crippen molar-refractivity contribution in [3.63, 3.8) is 0 Å². The van der Waals surface area contributed by atoms with Crippen LogP contribution in [0.3, 0.4) is 0 Å². The van der Waals surface area contributed by atoms with Crippen LogP contribution in [0.1, 0.15) is 11.4 Å². The van der Waals surface area contributed by atoms with E-state index in [1.165, 1.54) is 0 Å². The lowest BCUT2D eigenvalue weighted by molar-refractivity contribution is 0.212. The number of hydrogen-bond acceptors (Lipinski definition) is 6. The lowest BCUT2D eigenvalue weighted by Gasteiger charge is -2.19. The fourth-order valence-corrected chi connectivity index (χ4v) is 4.54. The van der Waals surface area contributed by atoms with Crippen LogP contribution in [0, 0.1) is 0 Å². The number of fused-ring (bicyclic) bond motifs is 2. The SMILES string of the molecule is COc1ccc(-c2cc3c(c(OC)c2)OCCN(Cc2nc4ccccc4n2C)C3)cc1OC. The van der Waals surface area contributed by atoms with Crippen molar-refractivity contribution in [3.05, 3.63) is 66.0 Å². The van der Waals surface area contributed by atoms with Gasteiger partial charge in [-0.3, -0.25) is 4.90 Å². The molecule has 1 aliphatic heterocycles. The number of benzene rings is 3. The van der Waals surface area contributed by atoms with E-state index in [0.717, 1.165) is 64.7 Å². The molecule has 0 unspecified atom stereocenters. The zero-order valence-corrected chi connectivity index (χ0v) is 20.0. The molecule has 0 spiro atoms. The lowest BCUT2D eigenvalue weighted by atomic mass is 10.0. The van der Waals surface area contributed by atoms with Crippen molar-refractivity contribution in [2.24, 2.45) is 7.05 Å². The first-order chi connectivity index (χ1) is 16.6. The molecular formula is C27H29N3O4. The molecule has 5 rings (SSSR count). The Balaban J connectivity index is 1.49. The van der Waals surface area contributed by atoms with Crippen LogP contribution in [-0.2, 0) is 20.1 Å². The predicted octanol–water partition coefficient (Wildman–Crippen LogP) is 4.66. The molecule has 0 radical (unpaired) electrons. The lowest BCUT2D eigenvalue weighted by Crippen LogP contribution is -2.26. The van der Waals surface area contributed by atoms with Gasteiger partial charge in [0, 0.05) is 25.7 Å². The van der Waals surface area contributed by atoms with Crippen molar-refractivity contribution >= 4 is 11.0 Å². The maximum absolute atomic E-state index is 6.16. The number of nitrogens with zero attached hydrogens (tertiary/aromatic N) is 3. The van der Waals surface area contributed by atoms with E-state index in [4.69, 9.17) is 23.9 Å². The second-order valence-corrected chi connectivity index (χ2v) is 8.37. The van der Waals surface area contributed by atoms with Crippen molar-refractivity contribution < 1.29 is 18.9 Å². The monoisotopic (exact) mass is 459 g/mol. The third-order valence-electron chi connectivity index (χ3n) is 6.36. The minimum Gasteiger partial charge on any atom is -0.493 e. The van der Waals surface area contributed by atoms with Gasteiger partial charge in [0.25, 0.3) is 0 Å². The van der Waals surface area contributed by atoms with Crippen LogP contribution >= 0.6 is 0 Å². The summed E-state index contributed by atoms with van der Waals surface area (Å²) in [5.74, 6) is 3.96. The summed E-state index contributed by atoms with van der Waals surface area (Å²) in [7, 11) is 7.04. The van der Waals surface area contributed by atoms with Crippen molar-refractivity contribution in [3.8, 4) is 34.1 Å². The number of hydrogen-bond donors (Lipinski definition) is 0. The molecule has 7 heteroatoms. The smallest absolute Gasteiger partial charge is 0.165 e. The summed E-state index contributed by atoms with van der Waals surface area (Å²) in [6.45, 7) is 2.85. The first-order valence-corrected chi connectivity index (χ1v) is 11.3. The van der Waals surface area contributed by atoms with Gasteiger partial charge in [0.1, 0.15) is 12.4 Å². The number of methoxy groups -OCH3 is 3. The van der Waals surface area contributed by atoms with Gasteiger partial charge in [-0.15, -0.1) is 0 Å². The molecule has 3 aromatic carbocycles. The minimum absolute atomic E-state index is 0.586. The van der Waals surface area contributed by atoms with Crippen molar-refractivity contribution in [1.29, 1.82) is 0 Å². The fourth-order valence-electron chi connectivity index (χ4n) is 4.54. The molecule has 0 saturated heterocycles. The molecule has 1 aromatic heterocycles. The van der Waals surface area contributed by atoms with E-state index in [9.17, 15) is 0 Å². The molecule has 0 bridgehead atoms. The number of ether oxygens (including phenoxy) is 4. The Labute approximate surface area is 199 Å². The van der Waals surface area contributed by atoms with Gasteiger partial charge in [-0.05, 0) is 47.5 Å². The fraction of sp³-hybridized carbons (Fsp3) is 0.296. The van der Waals surface area contributed by atoms with Gasteiger partial charge in [0.15, 0.2) is 23.0 Å². The van der Waals surface area contributed by atoms with Crippen LogP contribution in [0.25, 0.3) is 22.2 Å². The van der Waals surface area contributed by atoms with E-state index in [0.29, 0.717) is 18.1 Å². The van der Waals surface area contributed by atoms with E-state index >= 15 is 0 Å². The molecule has 34 heavy (non-hydrogen) atoms. The summed E-state index contributed by atoms with van der Waals surface area (Å²) in [5.41, 5.74) is 5.29. The molecule has 0 atom stereocenters. The van der Waals surface area contributed by atoms with Crippen LogP contribution in [0.2, 0.25) is 0 Å². The molecule has 1 aliphatic rings. The number of rotatable bonds is 6. The summed E-state index contributed by atoms with van der Waals surface area (Å²) in [5, 5.41) is 0. The van der Waals surface area contributed by atoms with Gasteiger partial charge in [-0.2, -0.15) is 0 Å². The second kappa shape index (κ2) is 9.27. The zero-order valence-electron chi connectivity index (χ0n) is 20.0. The van der Waals surface area contributed by atoms with E-state index < -0.39 is 0 Å². The largest absolute Gasteiger partial charge is 0.493 e. The first-order valence-electron chi connectivity index (χ1n) is 11.3. The van der Waals surface area contributed by atoms with Crippen LogP contribution in [0.15, 0.2) is 54.6 Å². The highest BCUT2D eigenvalue weighted by atomic mass is 16.5. The molecule has 7 nitrogen and oxygen atoms in total. The van der Waals surface area contributed by atoms with Crippen molar-refractivity contribution in [1.82, 2.24) is 14.5 Å². The third kappa shape index (κ3) is 4.03. The number of imidazole rings is 1. The van der Waals surface area contributed by atoms with E-state index in [2.05, 4.69) is 34.7 Å². The average Bonchev–Trinajstić information content (AvgIpc) is 3.04. The molecule has 2 heterocycles. The topological polar surface area (TPSA) is 58.0 Å². The Kier molecular flexibility index (Phi) is 6.02. The summed E-state index contributed by atoms with van der Waals surface area (Å²) in [4.78, 5) is 7.22. The quantitative estimate of drug-likeness (QED) is 0.418. The standard InChI is InChI=1S/C27H29N3O4/c1-29-22-8-6-5-7-21(22)28-26(29)17-30-11-12-34-27-20(16-30)13-19(15-25(27)33-4)18-9-10-23(31-2)24(14-18)32-3/h5-10,13-15H,11-12,16-17H2,1-4H3. The third-order valence-corrected chi connectivity index (χ3v) is 6.36. The summed E-state index contributed by atoms with van der Waals surface area (Å²) in [6, 6.07) is 18.3. The first kappa shape index (κ1) is 22.1. The van der Waals surface area contributed by atoms with Crippen LogP contribution in [0.5, 0.6) is 23.0 Å². The number of aryl methyl sites for hydroxylation is 1. The number of aromatic nitrogens is 2. The zero-order chi connectivity index (χ0) is 23.7. The van der Waals surface area contributed by atoms with Crippen LogP contribution in [0.4, 0.5) is 0 Å². The van der Waals surface area contributed by atoms with Gasteiger partial charge in [0.2, 0.25) is 0 Å². The highest BCUT2D eigenvalue weighted by Crippen LogP contribution is 2.40. The molecule has 0 amide bonds. The highest BCUT2D eigenvalue weighted by molar-refractivity contribution is 5.75. The summed E-state index contributed by atoms with van der Waals surface area (Å²) >= 11 is 0. The van der Waals surface area contributed by atoms with Crippen molar-refractivity contribution in [2.45, 2.75) is 13.1 Å². The Morgan fingerprint density at radius 3 is 2.41 bits per heavy atom. The normalized spacial score (nSPS) is 13.8. The van der Waals surface area contributed by atoms with E-state index in [1.807, 2.05) is 36.4 Å².